The lowest BCUT2D eigenvalue weighted by Crippen LogP contribution is -2.38. The predicted octanol–water partition coefficient (Wildman–Crippen LogP) is 3.14. The first-order valence-corrected chi connectivity index (χ1v) is 10.6. The minimum Gasteiger partial charge on any atom is -0.493 e. The van der Waals surface area contributed by atoms with Gasteiger partial charge in [-0.2, -0.15) is 0 Å². The maximum absolute atomic E-state index is 6.12. The second-order valence-electron chi connectivity index (χ2n) is 7.23. The van der Waals surface area contributed by atoms with Crippen LogP contribution in [0.25, 0.3) is 0 Å². The number of ether oxygens (including phenoxy) is 4. The second-order valence-corrected chi connectivity index (χ2v) is 7.23. The highest BCUT2D eigenvalue weighted by Crippen LogP contribution is 2.23. The summed E-state index contributed by atoms with van der Waals surface area (Å²) in [6, 6.07) is 6.30. The van der Waals surface area contributed by atoms with Crippen LogP contribution in [-0.2, 0) is 20.8 Å². The van der Waals surface area contributed by atoms with Gasteiger partial charge in [-0.1, -0.05) is 12.1 Å². The van der Waals surface area contributed by atoms with Crippen LogP contribution < -0.4 is 15.4 Å². The second kappa shape index (κ2) is 16.6. The fraction of sp³-hybridized carbons (Fsp3) is 0.682. The first kappa shape index (κ1) is 26.9. The molecule has 1 aliphatic heterocycles. The van der Waals surface area contributed by atoms with Crippen molar-refractivity contribution in [1.29, 1.82) is 0 Å². The smallest absolute Gasteiger partial charge is 0.191 e. The number of halogens is 1. The molecule has 0 saturated carbocycles. The molecule has 2 N–H and O–H groups in total. The molecule has 2 rings (SSSR count). The van der Waals surface area contributed by atoms with Crippen molar-refractivity contribution in [1.82, 2.24) is 10.6 Å². The molecule has 0 spiro atoms. The van der Waals surface area contributed by atoms with Crippen molar-refractivity contribution in [3.63, 3.8) is 0 Å². The van der Waals surface area contributed by atoms with Gasteiger partial charge in [-0.3, -0.25) is 0 Å². The Balaban J connectivity index is 0.00000450. The van der Waals surface area contributed by atoms with Crippen LogP contribution >= 0.6 is 24.0 Å². The molecule has 1 fully saturated rings. The van der Waals surface area contributed by atoms with Crippen molar-refractivity contribution in [2.45, 2.75) is 33.2 Å². The molecule has 172 valence electrons. The molecule has 0 amide bonds. The van der Waals surface area contributed by atoms with Crippen LogP contribution in [-0.4, -0.2) is 65.8 Å². The summed E-state index contributed by atoms with van der Waals surface area (Å²) in [6.07, 6.45) is 1.99. The Morgan fingerprint density at radius 2 is 2.10 bits per heavy atom. The third-order valence-electron chi connectivity index (χ3n) is 4.66. The Labute approximate surface area is 198 Å². The summed E-state index contributed by atoms with van der Waals surface area (Å²) in [6.45, 7) is 10.6. The molecule has 1 unspecified atom stereocenters. The summed E-state index contributed by atoms with van der Waals surface area (Å²) in [4.78, 5) is 4.73. The molecule has 7 nitrogen and oxygen atoms in total. The van der Waals surface area contributed by atoms with Gasteiger partial charge in [-0.05, 0) is 38.3 Å². The number of nitrogens with one attached hydrogen (secondary N) is 2. The first-order valence-electron chi connectivity index (χ1n) is 10.6. The quantitative estimate of drug-likeness (QED) is 0.175. The van der Waals surface area contributed by atoms with Crippen molar-refractivity contribution >= 4 is 29.9 Å². The molecule has 8 heteroatoms. The summed E-state index contributed by atoms with van der Waals surface area (Å²) in [5.41, 5.74) is 2.28. The highest BCUT2D eigenvalue weighted by atomic mass is 127. The molecular weight excluding hydrogens is 497 g/mol. The molecule has 0 bridgehead atoms. The van der Waals surface area contributed by atoms with E-state index in [1.807, 2.05) is 0 Å². The molecule has 1 aromatic carbocycles. The average Bonchev–Trinajstić information content (AvgIpc) is 3.24. The van der Waals surface area contributed by atoms with Gasteiger partial charge in [0.15, 0.2) is 5.96 Å². The first-order chi connectivity index (χ1) is 14.2. The number of aliphatic imine (C=N–C) groups is 1. The maximum atomic E-state index is 6.12. The Hall–Kier alpha value is -1.10. The number of benzene rings is 1. The molecule has 0 aliphatic carbocycles. The maximum Gasteiger partial charge on any atom is 0.191 e. The fourth-order valence-electron chi connectivity index (χ4n) is 2.98. The summed E-state index contributed by atoms with van der Waals surface area (Å²) in [5.74, 6) is 2.21. The zero-order valence-electron chi connectivity index (χ0n) is 18.6. The molecule has 1 atom stereocenters. The Bertz CT molecular complexity index is 610. The number of guanidine groups is 1. The molecule has 1 aromatic rings. The average molecular weight is 535 g/mol. The van der Waals surface area contributed by atoms with Crippen molar-refractivity contribution < 1.29 is 18.9 Å². The van der Waals surface area contributed by atoms with E-state index in [-0.39, 0.29) is 24.0 Å². The van der Waals surface area contributed by atoms with Gasteiger partial charge in [0.1, 0.15) is 5.75 Å². The number of rotatable bonds is 13. The van der Waals surface area contributed by atoms with E-state index in [0.717, 1.165) is 56.4 Å². The standard InChI is InChI=1S/C22H37N3O4.HI/c1-4-23-22(24-9-5-10-27-13-12-26-3)25-15-20-7-6-18(2)14-21(20)29-17-19-8-11-28-16-19;/h6-7,14,19H,4-5,8-13,15-17H2,1-3H3,(H2,23,24,25);1H. The highest BCUT2D eigenvalue weighted by molar-refractivity contribution is 14.0. The van der Waals surface area contributed by atoms with Crippen molar-refractivity contribution in [2.75, 3.05) is 59.8 Å². The topological polar surface area (TPSA) is 73.3 Å². The van der Waals surface area contributed by atoms with Gasteiger partial charge in [-0.15, -0.1) is 24.0 Å². The number of hydrogen-bond acceptors (Lipinski definition) is 5. The summed E-state index contributed by atoms with van der Waals surface area (Å²) < 4.78 is 22.0. The third-order valence-corrected chi connectivity index (χ3v) is 4.66. The summed E-state index contributed by atoms with van der Waals surface area (Å²) in [5, 5.41) is 6.65. The van der Waals surface area contributed by atoms with Gasteiger partial charge in [0.05, 0.1) is 33.0 Å². The van der Waals surface area contributed by atoms with Crippen LogP contribution in [0.2, 0.25) is 0 Å². The summed E-state index contributed by atoms with van der Waals surface area (Å²) in [7, 11) is 1.68. The normalized spacial score (nSPS) is 16.2. The molecule has 0 radical (unpaired) electrons. The van der Waals surface area contributed by atoms with Gasteiger partial charge >= 0.3 is 0 Å². The van der Waals surface area contributed by atoms with E-state index in [2.05, 4.69) is 42.7 Å². The number of aryl methyl sites for hydroxylation is 1. The lowest BCUT2D eigenvalue weighted by atomic mass is 10.1. The molecule has 1 heterocycles. The van der Waals surface area contributed by atoms with Crippen molar-refractivity contribution in [3.8, 4) is 5.75 Å². The van der Waals surface area contributed by atoms with Crippen molar-refractivity contribution in [2.24, 2.45) is 10.9 Å². The van der Waals surface area contributed by atoms with Crippen LogP contribution in [0.15, 0.2) is 23.2 Å². The number of nitrogens with zero attached hydrogens (tertiary/aromatic N) is 1. The van der Waals surface area contributed by atoms with E-state index in [9.17, 15) is 0 Å². The van der Waals surface area contributed by atoms with Crippen LogP contribution in [0, 0.1) is 12.8 Å². The van der Waals surface area contributed by atoms with Gasteiger partial charge in [0.2, 0.25) is 0 Å². The van der Waals surface area contributed by atoms with Crippen molar-refractivity contribution in [3.05, 3.63) is 29.3 Å². The zero-order chi connectivity index (χ0) is 20.7. The van der Waals surface area contributed by atoms with Gasteiger partial charge < -0.3 is 29.6 Å². The fourth-order valence-corrected chi connectivity index (χ4v) is 2.98. The Morgan fingerprint density at radius 3 is 2.83 bits per heavy atom. The van der Waals surface area contributed by atoms with E-state index >= 15 is 0 Å². The van der Waals surface area contributed by atoms with Crippen LogP contribution in [0.5, 0.6) is 5.75 Å². The van der Waals surface area contributed by atoms with E-state index in [4.69, 9.17) is 23.9 Å². The van der Waals surface area contributed by atoms with Crippen LogP contribution in [0.4, 0.5) is 0 Å². The largest absolute Gasteiger partial charge is 0.493 e. The van der Waals surface area contributed by atoms with Crippen LogP contribution in [0.1, 0.15) is 30.9 Å². The van der Waals surface area contributed by atoms with Gasteiger partial charge in [0.25, 0.3) is 0 Å². The van der Waals surface area contributed by atoms with Gasteiger partial charge in [-0.25, -0.2) is 4.99 Å². The molecule has 30 heavy (non-hydrogen) atoms. The SMILES string of the molecule is CCNC(=NCc1ccc(C)cc1OCC1CCOC1)NCCCOCCOC.I. The number of methoxy groups -OCH3 is 1. The van der Waals surface area contributed by atoms with E-state index < -0.39 is 0 Å². The predicted molar refractivity (Wildman–Crippen MR) is 131 cm³/mol. The number of hydrogen-bond donors (Lipinski definition) is 2. The van der Waals surface area contributed by atoms with E-state index in [1.165, 1.54) is 5.56 Å². The highest BCUT2D eigenvalue weighted by Gasteiger charge is 2.17. The van der Waals surface area contributed by atoms with Crippen LogP contribution in [0.3, 0.4) is 0 Å². The molecule has 1 aliphatic rings. The molecule has 0 aromatic heterocycles. The molecule has 1 saturated heterocycles. The minimum atomic E-state index is 0. The Morgan fingerprint density at radius 1 is 1.23 bits per heavy atom. The lowest BCUT2D eigenvalue weighted by Gasteiger charge is -2.15. The summed E-state index contributed by atoms with van der Waals surface area (Å²) >= 11 is 0. The Kier molecular flexibility index (Phi) is 14.9. The molecular formula is C22H38IN3O4. The van der Waals surface area contributed by atoms with E-state index in [0.29, 0.717) is 38.9 Å². The zero-order valence-corrected chi connectivity index (χ0v) is 20.9. The minimum absolute atomic E-state index is 0. The monoisotopic (exact) mass is 535 g/mol. The lowest BCUT2D eigenvalue weighted by molar-refractivity contribution is 0.0698. The van der Waals surface area contributed by atoms with Gasteiger partial charge in [0, 0.05) is 44.9 Å². The third kappa shape index (κ3) is 10.8. The van der Waals surface area contributed by atoms with E-state index in [1.54, 1.807) is 7.11 Å².